The van der Waals surface area contributed by atoms with Crippen molar-refractivity contribution in [2.75, 3.05) is 22.9 Å². The summed E-state index contributed by atoms with van der Waals surface area (Å²) < 4.78 is 31.0. The minimum absolute atomic E-state index is 0.0749. The molecule has 2 aromatic heterocycles. The molecule has 3 heterocycles. The van der Waals surface area contributed by atoms with Crippen molar-refractivity contribution in [2.45, 2.75) is 31.4 Å². The second-order valence-electron chi connectivity index (χ2n) is 6.99. The minimum Gasteiger partial charge on any atom is -0.416 e. The third-order valence-corrected chi connectivity index (χ3v) is 7.47. The predicted octanol–water partition coefficient (Wildman–Crippen LogP) is 3.11. The monoisotopic (exact) mass is 464 g/mol. The summed E-state index contributed by atoms with van der Waals surface area (Å²) in [6.07, 6.45) is 3.15. The fourth-order valence-corrected chi connectivity index (χ4v) is 5.59. The molecule has 11 heteroatoms. The first-order valence-electron chi connectivity index (χ1n) is 9.29. The van der Waals surface area contributed by atoms with Crippen LogP contribution in [0.1, 0.15) is 38.9 Å². The van der Waals surface area contributed by atoms with Gasteiger partial charge in [0.25, 0.3) is 5.22 Å². The molecular formula is C19H20N4O4S3. The summed E-state index contributed by atoms with van der Waals surface area (Å²) in [5.41, 5.74) is 2.97. The molecular weight excluding hydrogens is 444 g/mol. The van der Waals surface area contributed by atoms with Crippen LogP contribution < -0.4 is 4.31 Å². The van der Waals surface area contributed by atoms with E-state index in [0.717, 1.165) is 29.1 Å². The zero-order valence-electron chi connectivity index (χ0n) is 16.5. The first-order chi connectivity index (χ1) is 14.3. The maximum atomic E-state index is 12.6. The van der Waals surface area contributed by atoms with Gasteiger partial charge in [0, 0.05) is 17.5 Å². The largest absolute Gasteiger partial charge is 0.416 e. The van der Waals surface area contributed by atoms with E-state index in [4.69, 9.17) is 4.42 Å². The number of carbonyl (C=O) groups is 1. The van der Waals surface area contributed by atoms with Crippen LogP contribution in [-0.4, -0.2) is 47.9 Å². The van der Waals surface area contributed by atoms with Gasteiger partial charge in [-0.3, -0.25) is 9.10 Å². The van der Waals surface area contributed by atoms with Crippen LogP contribution in [0, 0.1) is 6.92 Å². The second kappa shape index (κ2) is 8.48. The van der Waals surface area contributed by atoms with E-state index in [-0.39, 0.29) is 11.5 Å². The lowest BCUT2D eigenvalue weighted by molar-refractivity contribution is 0.102. The Kier molecular flexibility index (Phi) is 5.94. The highest BCUT2D eigenvalue weighted by Gasteiger charge is 2.24. The van der Waals surface area contributed by atoms with E-state index in [2.05, 4.69) is 15.2 Å². The van der Waals surface area contributed by atoms with Crippen molar-refractivity contribution in [1.82, 2.24) is 15.2 Å². The van der Waals surface area contributed by atoms with Gasteiger partial charge in [-0.25, -0.2) is 13.4 Å². The number of hydrogen-bond donors (Lipinski definition) is 0. The van der Waals surface area contributed by atoms with Gasteiger partial charge in [0.2, 0.25) is 15.9 Å². The van der Waals surface area contributed by atoms with Crippen molar-refractivity contribution in [3.05, 3.63) is 51.3 Å². The highest BCUT2D eigenvalue weighted by molar-refractivity contribution is 7.99. The van der Waals surface area contributed by atoms with Crippen molar-refractivity contribution >= 4 is 44.6 Å². The van der Waals surface area contributed by atoms with Crippen LogP contribution in [0.4, 0.5) is 5.69 Å². The van der Waals surface area contributed by atoms with E-state index in [1.807, 2.05) is 12.3 Å². The first kappa shape index (κ1) is 21.0. The average molecular weight is 465 g/mol. The Morgan fingerprint density at radius 3 is 2.90 bits per heavy atom. The molecule has 1 aliphatic rings. The van der Waals surface area contributed by atoms with Crippen LogP contribution in [-0.2, 0) is 22.9 Å². The Bertz CT molecular complexity index is 1190. The smallest absolute Gasteiger partial charge is 0.277 e. The van der Waals surface area contributed by atoms with Crippen molar-refractivity contribution in [2.24, 2.45) is 0 Å². The Labute approximate surface area is 182 Å². The molecule has 0 bridgehead atoms. The first-order valence-corrected chi connectivity index (χ1v) is 13.0. The number of anilines is 1. The average Bonchev–Trinajstić information content (AvgIpc) is 3.33. The van der Waals surface area contributed by atoms with Crippen molar-refractivity contribution in [3.8, 4) is 0 Å². The van der Waals surface area contributed by atoms with Gasteiger partial charge in [0.05, 0.1) is 34.8 Å². The van der Waals surface area contributed by atoms with Gasteiger partial charge in [0.15, 0.2) is 5.78 Å². The number of sulfonamides is 1. The molecule has 0 saturated heterocycles. The highest BCUT2D eigenvalue weighted by Crippen LogP contribution is 2.30. The lowest BCUT2D eigenvalue weighted by Crippen LogP contribution is -2.34. The summed E-state index contributed by atoms with van der Waals surface area (Å²) in [6.45, 7) is 2.41. The minimum atomic E-state index is -3.32. The number of fused-ring (bicyclic) bond motifs is 1. The third-order valence-electron chi connectivity index (χ3n) is 4.65. The molecule has 1 aromatic carbocycles. The van der Waals surface area contributed by atoms with Gasteiger partial charge in [-0.05, 0) is 43.5 Å². The molecule has 0 N–H and O–H groups in total. The van der Waals surface area contributed by atoms with Crippen LogP contribution in [0.2, 0.25) is 0 Å². The highest BCUT2D eigenvalue weighted by atomic mass is 32.2. The Balaban J connectivity index is 1.40. The summed E-state index contributed by atoms with van der Waals surface area (Å²) in [4.78, 5) is 17.0. The van der Waals surface area contributed by atoms with Crippen LogP contribution >= 0.6 is 23.1 Å². The zero-order chi connectivity index (χ0) is 21.3. The molecule has 30 heavy (non-hydrogen) atoms. The predicted molar refractivity (Wildman–Crippen MR) is 116 cm³/mol. The number of nitrogens with zero attached hydrogens (tertiary/aromatic N) is 4. The SMILES string of the molecule is Cc1nc(Cc2nnc(SCC(=O)c3ccc4c(c3)CCCN4S(C)(=O)=O)o2)cs1. The number of thioether (sulfide) groups is 1. The Morgan fingerprint density at radius 2 is 2.17 bits per heavy atom. The van der Waals surface area contributed by atoms with E-state index in [9.17, 15) is 13.2 Å². The lowest BCUT2D eigenvalue weighted by Gasteiger charge is -2.29. The van der Waals surface area contributed by atoms with Gasteiger partial charge in [-0.2, -0.15) is 0 Å². The van der Waals surface area contributed by atoms with Crippen molar-refractivity contribution in [3.63, 3.8) is 0 Å². The molecule has 4 rings (SSSR count). The summed E-state index contributed by atoms with van der Waals surface area (Å²) in [6, 6.07) is 5.18. The maximum absolute atomic E-state index is 12.6. The van der Waals surface area contributed by atoms with E-state index in [1.54, 1.807) is 29.5 Å². The second-order valence-corrected chi connectivity index (χ2v) is 10.9. The third kappa shape index (κ3) is 4.73. The summed E-state index contributed by atoms with van der Waals surface area (Å²) in [5.74, 6) is 0.547. The molecule has 158 valence electrons. The van der Waals surface area contributed by atoms with Gasteiger partial charge in [0.1, 0.15) is 0 Å². The van der Waals surface area contributed by atoms with Crippen LogP contribution in [0.3, 0.4) is 0 Å². The lowest BCUT2D eigenvalue weighted by atomic mass is 9.99. The summed E-state index contributed by atoms with van der Waals surface area (Å²) in [5, 5.41) is 11.3. The summed E-state index contributed by atoms with van der Waals surface area (Å²) in [7, 11) is -3.32. The zero-order valence-corrected chi connectivity index (χ0v) is 18.9. The molecule has 0 fully saturated rings. The number of rotatable bonds is 7. The van der Waals surface area contributed by atoms with Crippen molar-refractivity contribution < 1.29 is 17.6 Å². The van der Waals surface area contributed by atoms with Gasteiger partial charge >= 0.3 is 0 Å². The summed E-state index contributed by atoms with van der Waals surface area (Å²) >= 11 is 2.75. The number of benzene rings is 1. The number of Topliss-reactive ketones (excluding diaryl/α,β-unsaturated/α-hetero) is 1. The fourth-order valence-electron chi connectivity index (χ4n) is 3.30. The number of carbonyl (C=O) groups excluding carboxylic acids is 1. The number of ketones is 1. The van der Waals surface area contributed by atoms with Crippen LogP contribution in [0.5, 0.6) is 0 Å². The Morgan fingerprint density at radius 1 is 1.33 bits per heavy atom. The normalized spacial score (nSPS) is 14.0. The van der Waals surface area contributed by atoms with E-state index in [1.165, 1.54) is 22.3 Å². The molecule has 1 aliphatic heterocycles. The van der Waals surface area contributed by atoms with Crippen LogP contribution in [0.25, 0.3) is 0 Å². The molecule has 0 aliphatic carbocycles. The fraction of sp³-hybridized carbons (Fsp3) is 0.368. The molecule has 0 unspecified atom stereocenters. The number of hydrogen-bond acceptors (Lipinski definition) is 9. The van der Waals surface area contributed by atoms with Crippen LogP contribution in [0.15, 0.2) is 33.2 Å². The standard InChI is InChI=1S/C19H20N4O4S3/c1-12-20-15(10-28-12)9-18-21-22-19(27-18)29-11-17(24)14-5-6-16-13(8-14)4-3-7-23(16)30(2,25)26/h5-6,8,10H,3-4,7,9,11H2,1-2H3. The van der Waals surface area contributed by atoms with E-state index < -0.39 is 10.0 Å². The van der Waals surface area contributed by atoms with Crippen molar-refractivity contribution in [1.29, 1.82) is 0 Å². The molecule has 0 saturated carbocycles. The number of aryl methyl sites for hydroxylation is 2. The van der Waals surface area contributed by atoms with Gasteiger partial charge in [-0.15, -0.1) is 21.5 Å². The van der Waals surface area contributed by atoms with Gasteiger partial charge in [-0.1, -0.05) is 11.8 Å². The molecule has 0 spiro atoms. The number of aromatic nitrogens is 3. The quantitative estimate of drug-likeness (QED) is 0.388. The Hall–Kier alpha value is -2.24. The van der Waals surface area contributed by atoms with Gasteiger partial charge < -0.3 is 4.42 Å². The molecule has 0 atom stereocenters. The maximum Gasteiger partial charge on any atom is 0.277 e. The molecule has 0 radical (unpaired) electrons. The molecule has 0 amide bonds. The molecule has 3 aromatic rings. The van der Waals surface area contributed by atoms with E-state index >= 15 is 0 Å². The topological polar surface area (TPSA) is 106 Å². The molecule has 8 nitrogen and oxygen atoms in total. The van der Waals surface area contributed by atoms with E-state index in [0.29, 0.717) is 35.3 Å². The number of thiazole rings is 1.